The van der Waals surface area contributed by atoms with Gasteiger partial charge >= 0.3 is 5.97 Å². The van der Waals surface area contributed by atoms with E-state index < -0.39 is 5.97 Å². The van der Waals surface area contributed by atoms with Crippen LogP contribution in [0.2, 0.25) is 0 Å². The molecule has 1 aromatic heterocycles. The van der Waals surface area contributed by atoms with Crippen LogP contribution in [0.25, 0.3) is 0 Å². The zero-order chi connectivity index (χ0) is 13.3. The highest BCUT2D eigenvalue weighted by atomic mass is 32.1. The van der Waals surface area contributed by atoms with Gasteiger partial charge in [-0.2, -0.15) is 0 Å². The van der Waals surface area contributed by atoms with Crippen molar-refractivity contribution in [2.24, 2.45) is 0 Å². The van der Waals surface area contributed by atoms with Gasteiger partial charge in [0.1, 0.15) is 0 Å². The molecule has 4 nitrogen and oxygen atoms in total. The summed E-state index contributed by atoms with van der Waals surface area (Å²) in [6, 6.07) is 2.15. The summed E-state index contributed by atoms with van der Waals surface area (Å²) in [5.41, 5.74) is 0.731. The van der Waals surface area contributed by atoms with Gasteiger partial charge in [0, 0.05) is 22.3 Å². The number of thiophene rings is 1. The highest BCUT2D eigenvalue weighted by Crippen LogP contribution is 2.30. The smallest absolute Gasteiger partial charge is 0.305 e. The molecule has 0 radical (unpaired) electrons. The Morgan fingerprint density at radius 3 is 2.56 bits per heavy atom. The molecule has 1 aromatic rings. The maximum absolute atomic E-state index is 12.4. The number of aliphatic carboxylic acids is 1. The first-order valence-electron chi connectivity index (χ1n) is 6.09. The van der Waals surface area contributed by atoms with Crippen molar-refractivity contribution in [3.8, 4) is 0 Å². The van der Waals surface area contributed by atoms with E-state index in [1.165, 1.54) is 0 Å². The Kier molecular flexibility index (Phi) is 3.71. The van der Waals surface area contributed by atoms with Crippen molar-refractivity contribution in [3.05, 3.63) is 21.4 Å². The van der Waals surface area contributed by atoms with Gasteiger partial charge in [-0.3, -0.25) is 9.59 Å². The minimum absolute atomic E-state index is 0.0133. The summed E-state index contributed by atoms with van der Waals surface area (Å²) in [7, 11) is 0. The van der Waals surface area contributed by atoms with Crippen molar-refractivity contribution in [2.75, 3.05) is 6.54 Å². The Balaban J connectivity index is 2.12. The molecule has 1 saturated carbocycles. The van der Waals surface area contributed by atoms with Gasteiger partial charge in [-0.1, -0.05) is 0 Å². The lowest BCUT2D eigenvalue weighted by Gasteiger charge is -2.21. The highest BCUT2D eigenvalue weighted by Gasteiger charge is 2.33. The number of rotatable bonds is 5. The minimum Gasteiger partial charge on any atom is -0.481 e. The van der Waals surface area contributed by atoms with Crippen LogP contribution >= 0.6 is 11.3 Å². The van der Waals surface area contributed by atoms with E-state index in [1.807, 2.05) is 19.9 Å². The van der Waals surface area contributed by atoms with Crippen LogP contribution in [0.3, 0.4) is 0 Å². The summed E-state index contributed by atoms with van der Waals surface area (Å²) in [5.74, 6) is -0.868. The van der Waals surface area contributed by atoms with Crippen LogP contribution in [0.5, 0.6) is 0 Å². The summed E-state index contributed by atoms with van der Waals surface area (Å²) in [4.78, 5) is 26.9. The monoisotopic (exact) mass is 267 g/mol. The van der Waals surface area contributed by atoms with Crippen LogP contribution in [0.4, 0.5) is 0 Å². The molecule has 0 aromatic carbocycles. The summed E-state index contributed by atoms with van der Waals surface area (Å²) in [5, 5.41) is 8.74. The maximum Gasteiger partial charge on any atom is 0.305 e. The molecule has 1 aliphatic rings. The molecule has 1 heterocycles. The molecule has 0 aliphatic heterocycles. The first-order chi connectivity index (χ1) is 8.49. The van der Waals surface area contributed by atoms with Gasteiger partial charge in [0.15, 0.2) is 0 Å². The summed E-state index contributed by atoms with van der Waals surface area (Å²) < 4.78 is 0. The maximum atomic E-state index is 12.4. The fourth-order valence-electron chi connectivity index (χ4n) is 2.05. The van der Waals surface area contributed by atoms with E-state index in [9.17, 15) is 9.59 Å². The number of hydrogen-bond acceptors (Lipinski definition) is 3. The quantitative estimate of drug-likeness (QED) is 0.891. The Hall–Kier alpha value is -1.36. The molecule has 1 aliphatic carbocycles. The number of hydrogen-bond donors (Lipinski definition) is 1. The van der Waals surface area contributed by atoms with E-state index in [0.29, 0.717) is 6.54 Å². The van der Waals surface area contributed by atoms with Crippen LogP contribution in [-0.2, 0) is 4.79 Å². The zero-order valence-corrected chi connectivity index (χ0v) is 11.4. The lowest BCUT2D eigenvalue weighted by molar-refractivity contribution is -0.137. The first kappa shape index (κ1) is 13.1. The highest BCUT2D eigenvalue weighted by molar-refractivity contribution is 7.12. The fraction of sp³-hybridized carbons (Fsp3) is 0.538. The van der Waals surface area contributed by atoms with E-state index in [4.69, 9.17) is 5.11 Å². The Morgan fingerprint density at radius 1 is 1.44 bits per heavy atom. The van der Waals surface area contributed by atoms with E-state index in [-0.39, 0.29) is 18.4 Å². The molecular formula is C13H17NO3S. The van der Waals surface area contributed by atoms with Gasteiger partial charge < -0.3 is 10.0 Å². The lowest BCUT2D eigenvalue weighted by Crippen LogP contribution is -2.35. The molecular weight excluding hydrogens is 250 g/mol. The first-order valence-corrected chi connectivity index (χ1v) is 6.90. The van der Waals surface area contributed by atoms with E-state index in [2.05, 4.69) is 0 Å². The van der Waals surface area contributed by atoms with Crippen LogP contribution < -0.4 is 0 Å². The Bertz CT molecular complexity index is 477. The van der Waals surface area contributed by atoms with Crippen molar-refractivity contribution in [1.82, 2.24) is 4.90 Å². The number of carbonyl (C=O) groups is 2. The number of carboxylic acid groups (broad SMARTS) is 1. The van der Waals surface area contributed by atoms with Gasteiger partial charge in [-0.25, -0.2) is 0 Å². The van der Waals surface area contributed by atoms with Crippen molar-refractivity contribution in [1.29, 1.82) is 0 Å². The zero-order valence-electron chi connectivity index (χ0n) is 10.6. The van der Waals surface area contributed by atoms with Gasteiger partial charge in [-0.15, -0.1) is 11.3 Å². The van der Waals surface area contributed by atoms with Crippen LogP contribution in [0.15, 0.2) is 6.07 Å². The summed E-state index contributed by atoms with van der Waals surface area (Å²) in [6.07, 6.45) is 2.01. The third-order valence-electron chi connectivity index (χ3n) is 3.09. The average molecular weight is 267 g/mol. The topological polar surface area (TPSA) is 57.6 Å². The minimum atomic E-state index is -0.855. The Morgan fingerprint density at radius 2 is 2.11 bits per heavy atom. The lowest BCUT2D eigenvalue weighted by atomic mass is 10.2. The second-order valence-electron chi connectivity index (χ2n) is 4.70. The van der Waals surface area contributed by atoms with Gasteiger partial charge in [0.2, 0.25) is 0 Å². The predicted molar refractivity (Wildman–Crippen MR) is 70.1 cm³/mol. The van der Waals surface area contributed by atoms with Crippen molar-refractivity contribution < 1.29 is 14.7 Å². The van der Waals surface area contributed by atoms with E-state index in [1.54, 1.807) is 16.2 Å². The average Bonchev–Trinajstić information content (AvgIpc) is 3.04. The largest absolute Gasteiger partial charge is 0.481 e. The number of nitrogens with zero attached hydrogens (tertiary/aromatic N) is 1. The predicted octanol–water partition coefficient (Wildman–Crippen LogP) is 2.44. The SMILES string of the molecule is Cc1cc(C(=O)N(CCC(=O)O)C2CC2)c(C)s1. The van der Waals surface area contributed by atoms with Crippen LogP contribution in [-0.4, -0.2) is 34.5 Å². The molecule has 0 saturated heterocycles. The number of carbonyl (C=O) groups excluding carboxylic acids is 1. The molecule has 1 fully saturated rings. The second-order valence-corrected chi connectivity index (χ2v) is 6.16. The normalized spacial score (nSPS) is 14.6. The summed E-state index contributed by atoms with van der Waals surface area (Å²) >= 11 is 1.61. The van der Waals surface area contributed by atoms with Gasteiger partial charge in [-0.05, 0) is 32.8 Å². The fourth-order valence-corrected chi connectivity index (χ4v) is 2.97. The molecule has 1 N–H and O–H groups in total. The molecule has 0 spiro atoms. The number of amides is 1. The van der Waals surface area contributed by atoms with Crippen molar-refractivity contribution in [3.63, 3.8) is 0 Å². The van der Waals surface area contributed by atoms with E-state index >= 15 is 0 Å². The van der Waals surface area contributed by atoms with Crippen LogP contribution in [0.1, 0.15) is 39.4 Å². The molecule has 98 valence electrons. The van der Waals surface area contributed by atoms with Crippen LogP contribution in [0, 0.1) is 13.8 Å². The molecule has 5 heteroatoms. The molecule has 18 heavy (non-hydrogen) atoms. The number of carboxylic acids is 1. The molecule has 1 amide bonds. The second kappa shape index (κ2) is 5.10. The van der Waals surface area contributed by atoms with Gasteiger partial charge in [0.25, 0.3) is 5.91 Å². The third-order valence-corrected chi connectivity index (χ3v) is 4.05. The van der Waals surface area contributed by atoms with Crippen molar-refractivity contribution >= 4 is 23.2 Å². The number of aryl methyl sites for hydroxylation is 2. The van der Waals surface area contributed by atoms with E-state index in [0.717, 1.165) is 28.2 Å². The van der Waals surface area contributed by atoms with Gasteiger partial charge in [0.05, 0.1) is 12.0 Å². The molecule has 0 unspecified atom stereocenters. The Labute approximate surface area is 110 Å². The molecule has 2 rings (SSSR count). The standard InChI is InChI=1S/C13H17NO3S/c1-8-7-11(9(2)18-8)13(17)14(10-3-4-10)6-5-12(15)16/h7,10H,3-6H2,1-2H3,(H,15,16). The molecule has 0 bridgehead atoms. The van der Waals surface area contributed by atoms with Crippen molar-refractivity contribution in [2.45, 2.75) is 39.2 Å². The third kappa shape index (κ3) is 2.90. The summed E-state index contributed by atoms with van der Waals surface area (Å²) in [6.45, 7) is 4.23. The molecule has 0 atom stereocenters.